The van der Waals surface area contributed by atoms with Crippen LogP contribution in [0.4, 0.5) is 0 Å². The van der Waals surface area contributed by atoms with Crippen molar-refractivity contribution < 1.29 is 9.90 Å². The summed E-state index contributed by atoms with van der Waals surface area (Å²) < 4.78 is 0. The van der Waals surface area contributed by atoms with Crippen LogP contribution in [0.3, 0.4) is 0 Å². The van der Waals surface area contributed by atoms with Crippen molar-refractivity contribution in [2.24, 2.45) is 34.5 Å². The summed E-state index contributed by atoms with van der Waals surface area (Å²) in [5.74, 6) is 3.54. The molecule has 2 nitrogen and oxygen atoms in total. The molecule has 2 heteroatoms. The Bertz CT molecular complexity index is 458. The van der Waals surface area contributed by atoms with Crippen molar-refractivity contribution >= 4 is 5.78 Å². The second-order valence-electron chi connectivity index (χ2n) is 9.00. The van der Waals surface area contributed by atoms with Gasteiger partial charge in [-0.1, -0.05) is 13.8 Å². The van der Waals surface area contributed by atoms with Gasteiger partial charge >= 0.3 is 0 Å². The fraction of sp³-hybridized carbons (Fsp3) is 0.947. The van der Waals surface area contributed by atoms with Crippen LogP contribution < -0.4 is 0 Å². The second-order valence-corrected chi connectivity index (χ2v) is 9.00. The third kappa shape index (κ3) is 1.84. The molecule has 2 unspecified atom stereocenters. The molecule has 0 radical (unpaired) electrons. The fourth-order valence-electron chi connectivity index (χ4n) is 7.01. The molecular weight excluding hydrogens is 260 g/mol. The van der Waals surface area contributed by atoms with Gasteiger partial charge in [-0.05, 0) is 80.5 Å². The Morgan fingerprint density at radius 3 is 2.62 bits per heavy atom. The van der Waals surface area contributed by atoms with Crippen LogP contribution in [0.15, 0.2) is 0 Å². The molecule has 4 fully saturated rings. The van der Waals surface area contributed by atoms with Crippen molar-refractivity contribution in [2.75, 3.05) is 0 Å². The number of Topliss-reactive ketones (excluding diaryl/α,β-unsaturated/α-hetero) is 1. The first kappa shape index (κ1) is 14.2. The third-order valence-electron chi connectivity index (χ3n) is 8.35. The van der Waals surface area contributed by atoms with Crippen LogP contribution in [0.25, 0.3) is 0 Å². The molecule has 0 aromatic heterocycles. The Balaban J connectivity index is 1.64. The van der Waals surface area contributed by atoms with E-state index in [4.69, 9.17) is 0 Å². The lowest BCUT2D eigenvalue weighted by atomic mass is 9.45. The van der Waals surface area contributed by atoms with Gasteiger partial charge in [0, 0.05) is 11.8 Å². The minimum Gasteiger partial charge on any atom is -0.393 e. The van der Waals surface area contributed by atoms with Gasteiger partial charge in [-0.25, -0.2) is 0 Å². The molecule has 4 aliphatic rings. The van der Waals surface area contributed by atoms with Crippen molar-refractivity contribution in [3.05, 3.63) is 0 Å². The zero-order chi connectivity index (χ0) is 14.8. The minimum absolute atomic E-state index is 0.0124. The van der Waals surface area contributed by atoms with Crippen molar-refractivity contribution in [3.8, 4) is 0 Å². The summed E-state index contributed by atoms with van der Waals surface area (Å²) in [6, 6.07) is 0. The van der Waals surface area contributed by atoms with E-state index in [0.29, 0.717) is 17.1 Å². The molecule has 1 N–H and O–H groups in total. The molecule has 4 saturated carbocycles. The summed E-state index contributed by atoms with van der Waals surface area (Å²) >= 11 is 0. The number of fused-ring (bicyclic) bond motifs is 5. The molecule has 0 heterocycles. The number of carbonyl (C=O) groups excluding carboxylic acids is 1. The van der Waals surface area contributed by atoms with Gasteiger partial charge in [-0.15, -0.1) is 0 Å². The first-order chi connectivity index (χ1) is 9.95. The maximum Gasteiger partial charge on any atom is 0.139 e. The maximum absolute atomic E-state index is 12.4. The average molecular weight is 290 g/mol. The Kier molecular flexibility index (Phi) is 3.10. The van der Waals surface area contributed by atoms with E-state index in [9.17, 15) is 9.90 Å². The van der Waals surface area contributed by atoms with Gasteiger partial charge in [-0.3, -0.25) is 4.79 Å². The number of hydrogen-bond acceptors (Lipinski definition) is 2. The van der Waals surface area contributed by atoms with Crippen molar-refractivity contribution in [1.82, 2.24) is 0 Å². The van der Waals surface area contributed by atoms with Crippen LogP contribution in [0.2, 0.25) is 0 Å². The molecule has 0 aromatic carbocycles. The minimum atomic E-state index is -0.0541. The third-order valence-corrected chi connectivity index (χ3v) is 8.35. The standard InChI is InChI=1S/C19H30O2/c1-18-9-7-13(20)11-12(18)3-4-14-15-5-6-17(21)19(15,2)10-8-16(14)18/h12-16,20H,3-11H2,1-2H3/t12-,13-,14?,15+,16?,18-,19-/m0/s1. The highest BCUT2D eigenvalue weighted by Crippen LogP contribution is 2.65. The molecule has 0 spiro atoms. The molecule has 21 heavy (non-hydrogen) atoms. The topological polar surface area (TPSA) is 37.3 Å². The number of aliphatic hydroxyl groups excluding tert-OH is 1. The summed E-state index contributed by atoms with van der Waals surface area (Å²) in [7, 11) is 0. The number of aliphatic hydroxyl groups is 1. The van der Waals surface area contributed by atoms with Gasteiger partial charge in [0.15, 0.2) is 0 Å². The van der Waals surface area contributed by atoms with Crippen LogP contribution in [-0.2, 0) is 4.79 Å². The first-order valence-electron chi connectivity index (χ1n) is 9.16. The molecule has 0 aromatic rings. The number of hydrogen-bond donors (Lipinski definition) is 1. The number of ketones is 1. The second kappa shape index (κ2) is 4.57. The van der Waals surface area contributed by atoms with Crippen LogP contribution in [-0.4, -0.2) is 17.0 Å². The quantitative estimate of drug-likeness (QED) is 0.733. The van der Waals surface area contributed by atoms with Gasteiger partial charge in [-0.2, -0.15) is 0 Å². The fourth-order valence-corrected chi connectivity index (χ4v) is 7.01. The smallest absolute Gasteiger partial charge is 0.139 e. The molecule has 0 amide bonds. The molecule has 0 saturated heterocycles. The average Bonchev–Trinajstić information content (AvgIpc) is 2.76. The molecule has 0 bridgehead atoms. The highest BCUT2D eigenvalue weighted by Gasteiger charge is 2.60. The SMILES string of the molecule is C[C@]12CCC3C(CC[C@H]4C[C@@H](O)CC[C@]34C)[C@H]1CCC2=O. The molecule has 4 rings (SSSR count). The van der Waals surface area contributed by atoms with Crippen LogP contribution in [0, 0.1) is 34.5 Å². The lowest BCUT2D eigenvalue weighted by Gasteiger charge is -2.60. The zero-order valence-electron chi connectivity index (χ0n) is 13.6. The van der Waals surface area contributed by atoms with Gasteiger partial charge in [0.05, 0.1) is 6.10 Å². The van der Waals surface area contributed by atoms with Crippen molar-refractivity contribution in [1.29, 1.82) is 0 Å². The summed E-state index contributed by atoms with van der Waals surface area (Å²) in [6.45, 7) is 4.78. The van der Waals surface area contributed by atoms with E-state index >= 15 is 0 Å². The maximum atomic E-state index is 12.4. The zero-order valence-corrected chi connectivity index (χ0v) is 13.6. The van der Waals surface area contributed by atoms with Gasteiger partial charge in [0.1, 0.15) is 5.78 Å². The Morgan fingerprint density at radius 1 is 1.00 bits per heavy atom. The van der Waals surface area contributed by atoms with E-state index in [-0.39, 0.29) is 11.5 Å². The van der Waals surface area contributed by atoms with Gasteiger partial charge < -0.3 is 5.11 Å². The van der Waals surface area contributed by atoms with Crippen LogP contribution >= 0.6 is 0 Å². The Morgan fingerprint density at radius 2 is 1.81 bits per heavy atom. The highest BCUT2D eigenvalue weighted by molar-refractivity contribution is 5.87. The highest BCUT2D eigenvalue weighted by atomic mass is 16.3. The van der Waals surface area contributed by atoms with Gasteiger partial charge in [0.2, 0.25) is 0 Å². The summed E-state index contributed by atoms with van der Waals surface area (Å²) in [5.41, 5.74) is 0.452. The van der Waals surface area contributed by atoms with Crippen molar-refractivity contribution in [3.63, 3.8) is 0 Å². The van der Waals surface area contributed by atoms with E-state index in [1.54, 1.807) is 0 Å². The molecular formula is C19H30O2. The predicted molar refractivity (Wildman–Crippen MR) is 82.7 cm³/mol. The van der Waals surface area contributed by atoms with E-state index in [1.165, 1.54) is 25.7 Å². The monoisotopic (exact) mass is 290 g/mol. The normalized spacial score (nSPS) is 56.5. The van der Waals surface area contributed by atoms with E-state index in [1.807, 2.05) is 0 Å². The number of rotatable bonds is 0. The molecule has 0 aliphatic heterocycles. The van der Waals surface area contributed by atoms with Crippen molar-refractivity contribution in [2.45, 2.75) is 77.7 Å². The largest absolute Gasteiger partial charge is 0.393 e. The summed E-state index contributed by atoms with van der Waals surface area (Å²) in [5, 5.41) is 10.0. The lowest BCUT2D eigenvalue weighted by Crippen LogP contribution is -2.54. The van der Waals surface area contributed by atoms with Crippen LogP contribution in [0.5, 0.6) is 0 Å². The Hall–Kier alpha value is -0.370. The molecule has 118 valence electrons. The Labute approximate surface area is 128 Å². The molecule has 4 aliphatic carbocycles. The summed E-state index contributed by atoms with van der Waals surface area (Å²) in [6.07, 6.45) is 10.1. The first-order valence-corrected chi connectivity index (χ1v) is 9.16. The predicted octanol–water partition coefficient (Wildman–Crippen LogP) is 3.96. The van der Waals surface area contributed by atoms with E-state index in [0.717, 1.165) is 49.9 Å². The van der Waals surface area contributed by atoms with Crippen LogP contribution in [0.1, 0.15) is 71.6 Å². The lowest BCUT2D eigenvalue weighted by molar-refractivity contribution is -0.142. The van der Waals surface area contributed by atoms with E-state index in [2.05, 4.69) is 13.8 Å². The van der Waals surface area contributed by atoms with Gasteiger partial charge in [0.25, 0.3) is 0 Å². The van der Waals surface area contributed by atoms with E-state index < -0.39 is 0 Å². The number of carbonyl (C=O) groups is 1. The molecule has 7 atom stereocenters. The summed E-state index contributed by atoms with van der Waals surface area (Å²) in [4.78, 5) is 12.4.